The van der Waals surface area contributed by atoms with Gasteiger partial charge in [0.25, 0.3) is 0 Å². The number of hydrogen-bond donors (Lipinski definition) is 0. The molecule has 1 unspecified atom stereocenters. The first kappa shape index (κ1) is 17.2. The molecule has 0 bridgehead atoms. The highest BCUT2D eigenvalue weighted by Crippen LogP contribution is 2.57. The molecule has 0 N–H and O–H groups in total. The molecule has 0 fully saturated rings. The summed E-state index contributed by atoms with van der Waals surface area (Å²) in [6.45, 7) is 0. The average Bonchev–Trinajstić information content (AvgIpc) is 3.32. The lowest BCUT2D eigenvalue weighted by Crippen LogP contribution is -1.85. The maximum absolute atomic E-state index is 2.39. The minimum Gasteiger partial charge on any atom is -0.344 e. The molecule has 5 aromatic carbocycles. The van der Waals surface area contributed by atoms with E-state index in [1.54, 1.807) is 0 Å². The van der Waals surface area contributed by atoms with Crippen LogP contribution in [0.4, 0.5) is 0 Å². The third kappa shape index (κ3) is 2.22. The fraction of sp³-hybridized carbons (Fsp3) is 0.0345. The van der Waals surface area contributed by atoms with Crippen LogP contribution in [0.2, 0.25) is 0 Å². The Kier molecular flexibility index (Phi) is 3.45. The predicted molar refractivity (Wildman–Crippen MR) is 137 cm³/mol. The molecule has 0 saturated carbocycles. The second-order valence-corrected chi connectivity index (χ2v) is 10.4. The van der Waals surface area contributed by atoms with Crippen LogP contribution in [-0.4, -0.2) is 4.57 Å². The monoisotopic (exact) mass is 413 g/mol. The Labute approximate surface area is 181 Å². The molecule has 0 radical (unpaired) electrons. The Morgan fingerprint density at radius 1 is 0.516 bits per heavy atom. The summed E-state index contributed by atoms with van der Waals surface area (Å²) >= 11 is 0. The quantitative estimate of drug-likeness (QED) is 0.253. The van der Waals surface area contributed by atoms with Crippen molar-refractivity contribution in [3.05, 3.63) is 103 Å². The van der Waals surface area contributed by atoms with Crippen molar-refractivity contribution in [2.45, 2.75) is 0 Å². The van der Waals surface area contributed by atoms with Gasteiger partial charge in [-0.15, -0.1) is 0 Å². The molecule has 2 aromatic heterocycles. The highest BCUT2D eigenvalue weighted by Gasteiger charge is 2.20. The van der Waals surface area contributed by atoms with Crippen LogP contribution >= 0.6 is 7.53 Å². The molecule has 1 atom stereocenters. The Bertz CT molecular complexity index is 1780. The van der Waals surface area contributed by atoms with E-state index in [9.17, 15) is 0 Å². The molecule has 7 rings (SSSR count). The highest BCUT2D eigenvalue weighted by molar-refractivity contribution is 7.68. The molecule has 146 valence electrons. The molecule has 2 heteroatoms. The maximum Gasteiger partial charge on any atom is 0.0495 e. The van der Waals surface area contributed by atoms with E-state index in [0.29, 0.717) is 0 Å². The van der Waals surface area contributed by atoms with Gasteiger partial charge in [0.1, 0.15) is 0 Å². The minimum atomic E-state index is -0.544. The van der Waals surface area contributed by atoms with E-state index in [1.165, 1.54) is 58.9 Å². The summed E-state index contributed by atoms with van der Waals surface area (Å²) in [5.74, 6) is 0. The fourth-order valence-electron chi connectivity index (χ4n) is 5.37. The molecule has 2 heterocycles. The van der Waals surface area contributed by atoms with E-state index in [4.69, 9.17) is 0 Å². The van der Waals surface area contributed by atoms with E-state index in [0.717, 1.165) is 0 Å². The topological polar surface area (TPSA) is 4.93 Å². The molecule has 0 saturated heterocycles. The molecule has 0 aliphatic heterocycles. The molecule has 1 nitrogen and oxygen atoms in total. The van der Waals surface area contributed by atoms with Gasteiger partial charge in [-0.25, -0.2) is 0 Å². The molecule has 7 aromatic rings. The number of aryl methyl sites for hydroxylation is 1. The van der Waals surface area contributed by atoms with E-state index in [1.807, 2.05) is 0 Å². The second kappa shape index (κ2) is 6.23. The number of fused-ring (bicyclic) bond motifs is 9. The summed E-state index contributed by atoms with van der Waals surface area (Å²) < 4.78 is 2.36. The molecule has 0 amide bonds. The molecule has 0 aliphatic carbocycles. The van der Waals surface area contributed by atoms with Gasteiger partial charge in [-0.1, -0.05) is 92.5 Å². The van der Waals surface area contributed by atoms with E-state index >= 15 is 0 Å². The summed E-state index contributed by atoms with van der Waals surface area (Å²) in [5, 5.41) is 12.6. The first-order chi connectivity index (χ1) is 15.3. The summed E-state index contributed by atoms with van der Waals surface area (Å²) in [6, 6.07) is 38.1. The third-order valence-corrected chi connectivity index (χ3v) is 9.25. The summed E-state index contributed by atoms with van der Waals surface area (Å²) in [4.78, 5) is 0. The van der Waals surface area contributed by atoms with Gasteiger partial charge in [0, 0.05) is 44.5 Å². The molecular formula is C29H20NP. The van der Waals surface area contributed by atoms with Gasteiger partial charge >= 0.3 is 0 Å². The lowest BCUT2D eigenvalue weighted by molar-refractivity contribution is 1.02. The lowest BCUT2D eigenvalue weighted by Gasteiger charge is -2.04. The van der Waals surface area contributed by atoms with Crippen molar-refractivity contribution >= 4 is 61.1 Å². The Hall–Kier alpha value is -3.54. The van der Waals surface area contributed by atoms with E-state index in [-0.39, 0.29) is 0 Å². The zero-order valence-corrected chi connectivity index (χ0v) is 18.1. The zero-order valence-electron chi connectivity index (χ0n) is 17.2. The van der Waals surface area contributed by atoms with Crippen molar-refractivity contribution in [1.29, 1.82) is 0 Å². The summed E-state index contributed by atoms with van der Waals surface area (Å²) in [6.07, 6.45) is 0. The van der Waals surface area contributed by atoms with Gasteiger partial charge in [0.15, 0.2) is 0 Å². The normalized spacial score (nSPS) is 12.6. The molecule has 31 heavy (non-hydrogen) atoms. The standard InChI is InChI=1S/C29H20NP/c1-30-23-16-15-19-9-5-6-12-21(19)27(23)29-24(30)17-18-26-28(29)22-13-7-8-14-25(22)31(26)20-10-3-2-4-11-20/h2-18H,1H3. The van der Waals surface area contributed by atoms with Crippen molar-refractivity contribution in [3.63, 3.8) is 0 Å². The number of aromatic nitrogens is 1. The Morgan fingerprint density at radius 3 is 2.06 bits per heavy atom. The van der Waals surface area contributed by atoms with Crippen molar-refractivity contribution in [2.24, 2.45) is 7.05 Å². The van der Waals surface area contributed by atoms with Crippen LogP contribution in [0, 0.1) is 0 Å². The first-order valence-electron chi connectivity index (χ1n) is 10.7. The lowest BCUT2D eigenvalue weighted by atomic mass is 10.0. The van der Waals surface area contributed by atoms with Gasteiger partial charge in [0.05, 0.1) is 0 Å². The fourth-order valence-corrected chi connectivity index (χ4v) is 8.00. The van der Waals surface area contributed by atoms with Crippen LogP contribution in [0.15, 0.2) is 103 Å². The summed E-state index contributed by atoms with van der Waals surface area (Å²) in [7, 11) is 1.66. The highest BCUT2D eigenvalue weighted by atomic mass is 31.1. The van der Waals surface area contributed by atoms with Crippen LogP contribution in [0.1, 0.15) is 0 Å². The smallest absolute Gasteiger partial charge is 0.0495 e. The van der Waals surface area contributed by atoms with Gasteiger partial charge in [0.2, 0.25) is 0 Å². The summed E-state index contributed by atoms with van der Waals surface area (Å²) in [5.41, 5.74) is 2.61. The van der Waals surface area contributed by atoms with Crippen molar-refractivity contribution in [3.8, 4) is 5.30 Å². The van der Waals surface area contributed by atoms with Gasteiger partial charge in [-0.2, -0.15) is 0 Å². The van der Waals surface area contributed by atoms with Crippen molar-refractivity contribution < 1.29 is 0 Å². The molecule has 0 aliphatic rings. The molecular weight excluding hydrogens is 393 g/mol. The van der Waals surface area contributed by atoms with Gasteiger partial charge < -0.3 is 4.57 Å². The minimum absolute atomic E-state index is 0.544. The van der Waals surface area contributed by atoms with Gasteiger partial charge in [-0.05, 0) is 39.7 Å². The zero-order chi connectivity index (χ0) is 20.5. The van der Waals surface area contributed by atoms with Crippen LogP contribution in [-0.2, 0) is 7.05 Å². The predicted octanol–water partition coefficient (Wildman–Crippen LogP) is 8.77. The SMILES string of the molecule is Cn1c2ccc3ccccc3c2c2c3c4ccccc4p(-c4ccccc4)c3ccc21. The molecule has 0 spiro atoms. The second-order valence-electron chi connectivity index (χ2n) is 8.28. The third-order valence-electron chi connectivity index (χ3n) is 6.71. The Morgan fingerprint density at radius 2 is 1.19 bits per heavy atom. The largest absolute Gasteiger partial charge is 0.344 e. The van der Waals surface area contributed by atoms with Crippen molar-refractivity contribution in [1.82, 2.24) is 4.57 Å². The van der Waals surface area contributed by atoms with Crippen LogP contribution in [0.5, 0.6) is 0 Å². The van der Waals surface area contributed by atoms with Crippen molar-refractivity contribution in [2.75, 3.05) is 0 Å². The number of benzene rings is 5. The van der Waals surface area contributed by atoms with E-state index in [2.05, 4.69) is 115 Å². The average molecular weight is 413 g/mol. The number of hydrogen-bond acceptors (Lipinski definition) is 0. The maximum atomic E-state index is 2.39. The van der Waals surface area contributed by atoms with Crippen LogP contribution in [0.25, 0.3) is 58.9 Å². The Balaban J connectivity index is 1.82. The number of rotatable bonds is 1. The van der Waals surface area contributed by atoms with Crippen LogP contribution in [0.3, 0.4) is 0 Å². The van der Waals surface area contributed by atoms with Gasteiger partial charge in [-0.3, -0.25) is 0 Å². The van der Waals surface area contributed by atoms with E-state index < -0.39 is 7.53 Å². The first-order valence-corrected chi connectivity index (χ1v) is 12.0. The van der Waals surface area contributed by atoms with Crippen LogP contribution < -0.4 is 0 Å². The number of nitrogens with zero attached hydrogens (tertiary/aromatic N) is 1.